The van der Waals surface area contributed by atoms with Gasteiger partial charge in [-0.1, -0.05) is 25.1 Å². The summed E-state index contributed by atoms with van der Waals surface area (Å²) in [4.78, 5) is 25.5. The maximum Gasteiger partial charge on any atom is 0.238 e. The molecule has 4 nitrogen and oxygen atoms in total. The van der Waals surface area contributed by atoms with E-state index in [1.807, 2.05) is 25.1 Å². The monoisotopic (exact) mass is 358 g/mol. The fraction of sp³-hybridized carbons (Fsp3) is 0.263. The van der Waals surface area contributed by atoms with Crippen LogP contribution in [0, 0.1) is 12.7 Å². The summed E-state index contributed by atoms with van der Waals surface area (Å²) in [7, 11) is 0. The molecule has 25 heavy (non-hydrogen) atoms. The molecule has 2 aromatic carbocycles. The molecular weight excluding hydrogens is 339 g/mol. The molecule has 1 atom stereocenters. The van der Waals surface area contributed by atoms with Crippen molar-refractivity contribution in [3.63, 3.8) is 0 Å². The third-order valence-corrected chi connectivity index (χ3v) is 5.22. The van der Waals surface area contributed by atoms with Gasteiger partial charge in [0.1, 0.15) is 11.2 Å². The Morgan fingerprint density at radius 1 is 1.32 bits per heavy atom. The zero-order chi connectivity index (χ0) is 18.0. The number of rotatable bonds is 4. The summed E-state index contributed by atoms with van der Waals surface area (Å²) in [5.41, 5.74) is 2.71. The molecule has 0 radical (unpaired) electrons. The fourth-order valence-electron chi connectivity index (χ4n) is 2.76. The second-order valence-electron chi connectivity index (χ2n) is 5.91. The van der Waals surface area contributed by atoms with E-state index < -0.39 is 5.82 Å². The van der Waals surface area contributed by atoms with Gasteiger partial charge >= 0.3 is 0 Å². The van der Waals surface area contributed by atoms with E-state index in [2.05, 4.69) is 5.32 Å². The molecule has 1 fully saturated rings. The summed E-state index contributed by atoms with van der Waals surface area (Å²) < 4.78 is 14.3. The van der Waals surface area contributed by atoms with Crippen LogP contribution in [0.2, 0.25) is 0 Å². The van der Waals surface area contributed by atoms with Gasteiger partial charge in [-0.15, -0.1) is 11.8 Å². The van der Waals surface area contributed by atoms with Crippen molar-refractivity contribution in [2.75, 3.05) is 16.0 Å². The van der Waals surface area contributed by atoms with E-state index in [0.29, 0.717) is 23.5 Å². The number of hydrogen-bond donors (Lipinski definition) is 1. The van der Waals surface area contributed by atoms with Gasteiger partial charge in [0.25, 0.3) is 0 Å². The highest BCUT2D eigenvalue weighted by atomic mass is 32.2. The minimum absolute atomic E-state index is 0.0751. The molecule has 0 aliphatic carbocycles. The van der Waals surface area contributed by atoms with Crippen molar-refractivity contribution >= 4 is 35.0 Å². The molecule has 1 heterocycles. The Labute approximate surface area is 150 Å². The Kier molecular flexibility index (Phi) is 5.08. The second-order valence-corrected chi connectivity index (χ2v) is 6.98. The molecule has 1 aliphatic rings. The highest BCUT2D eigenvalue weighted by Crippen LogP contribution is 2.43. The Morgan fingerprint density at radius 3 is 2.88 bits per heavy atom. The summed E-state index contributed by atoms with van der Waals surface area (Å²) in [5.74, 6) is -0.317. The van der Waals surface area contributed by atoms with E-state index in [0.717, 1.165) is 11.1 Å². The van der Waals surface area contributed by atoms with Gasteiger partial charge in [-0.3, -0.25) is 14.5 Å². The SMILES string of the molecule is CCC(=O)Nc1cccc([C@H]2SCC(=O)N2c2cc(C)ccc2F)c1. The average molecular weight is 358 g/mol. The number of aryl methyl sites for hydroxylation is 1. The highest BCUT2D eigenvalue weighted by Gasteiger charge is 2.35. The zero-order valence-corrected chi connectivity index (χ0v) is 14.9. The lowest BCUT2D eigenvalue weighted by Gasteiger charge is -2.25. The number of carbonyl (C=O) groups is 2. The molecule has 0 saturated carbocycles. The molecule has 1 aliphatic heterocycles. The molecule has 0 aromatic heterocycles. The van der Waals surface area contributed by atoms with Gasteiger partial charge in [-0.2, -0.15) is 0 Å². The number of anilines is 2. The third-order valence-electron chi connectivity index (χ3n) is 4.01. The number of nitrogens with one attached hydrogen (secondary N) is 1. The Balaban J connectivity index is 1.96. The predicted molar refractivity (Wildman–Crippen MR) is 99.2 cm³/mol. The lowest BCUT2D eigenvalue weighted by atomic mass is 10.1. The van der Waals surface area contributed by atoms with Gasteiger partial charge in [0.15, 0.2) is 0 Å². The van der Waals surface area contributed by atoms with Gasteiger partial charge < -0.3 is 5.32 Å². The molecule has 2 amide bonds. The molecule has 1 N–H and O–H groups in total. The molecule has 2 aromatic rings. The van der Waals surface area contributed by atoms with E-state index in [-0.39, 0.29) is 17.2 Å². The van der Waals surface area contributed by atoms with Crippen LogP contribution in [0.3, 0.4) is 0 Å². The maximum atomic E-state index is 14.3. The van der Waals surface area contributed by atoms with Crippen LogP contribution in [0.25, 0.3) is 0 Å². The predicted octanol–water partition coefficient (Wildman–Crippen LogP) is 4.26. The first kappa shape index (κ1) is 17.5. The first-order valence-electron chi connectivity index (χ1n) is 8.09. The van der Waals surface area contributed by atoms with E-state index in [9.17, 15) is 14.0 Å². The summed E-state index contributed by atoms with van der Waals surface area (Å²) >= 11 is 1.45. The summed E-state index contributed by atoms with van der Waals surface area (Å²) in [6.45, 7) is 3.65. The number of nitrogens with zero attached hydrogens (tertiary/aromatic N) is 1. The Hall–Kier alpha value is -2.34. The summed E-state index contributed by atoms with van der Waals surface area (Å²) in [6.07, 6.45) is 0.390. The standard InChI is InChI=1S/C19H19FN2O2S/c1-3-17(23)21-14-6-4-5-13(10-14)19-22(18(24)11-25-19)16-9-12(2)7-8-15(16)20/h4-10,19H,3,11H2,1-2H3,(H,21,23)/t19-/m1/s1. The van der Waals surface area contributed by atoms with Crippen LogP contribution < -0.4 is 10.2 Å². The maximum absolute atomic E-state index is 14.3. The number of carbonyl (C=O) groups excluding carboxylic acids is 2. The highest BCUT2D eigenvalue weighted by molar-refractivity contribution is 8.00. The largest absolute Gasteiger partial charge is 0.326 e. The lowest BCUT2D eigenvalue weighted by Crippen LogP contribution is -2.28. The third kappa shape index (κ3) is 3.69. The zero-order valence-electron chi connectivity index (χ0n) is 14.1. The van der Waals surface area contributed by atoms with E-state index in [1.54, 1.807) is 25.1 Å². The van der Waals surface area contributed by atoms with Crippen molar-refractivity contribution in [3.05, 3.63) is 59.4 Å². The Morgan fingerprint density at radius 2 is 2.12 bits per heavy atom. The molecule has 0 unspecified atom stereocenters. The van der Waals surface area contributed by atoms with Gasteiger partial charge in [-0.05, 0) is 42.3 Å². The van der Waals surface area contributed by atoms with Gasteiger partial charge in [0.2, 0.25) is 11.8 Å². The van der Waals surface area contributed by atoms with Crippen LogP contribution in [-0.2, 0) is 9.59 Å². The first-order valence-corrected chi connectivity index (χ1v) is 9.14. The minimum atomic E-state index is -0.415. The van der Waals surface area contributed by atoms with Crippen molar-refractivity contribution in [2.45, 2.75) is 25.6 Å². The van der Waals surface area contributed by atoms with Crippen molar-refractivity contribution in [3.8, 4) is 0 Å². The normalized spacial score (nSPS) is 17.0. The summed E-state index contributed by atoms with van der Waals surface area (Å²) in [6, 6.07) is 12.1. The van der Waals surface area contributed by atoms with Crippen LogP contribution in [0.15, 0.2) is 42.5 Å². The van der Waals surface area contributed by atoms with Crippen LogP contribution in [0.4, 0.5) is 15.8 Å². The van der Waals surface area contributed by atoms with Gasteiger partial charge in [0, 0.05) is 12.1 Å². The van der Waals surface area contributed by atoms with E-state index >= 15 is 0 Å². The lowest BCUT2D eigenvalue weighted by molar-refractivity contribution is -0.116. The Bertz CT molecular complexity index is 825. The average Bonchev–Trinajstić information content (AvgIpc) is 2.98. The van der Waals surface area contributed by atoms with Crippen LogP contribution in [0.1, 0.15) is 29.8 Å². The number of amides is 2. The second kappa shape index (κ2) is 7.27. The van der Waals surface area contributed by atoms with Crippen LogP contribution >= 0.6 is 11.8 Å². The number of halogens is 1. The molecule has 130 valence electrons. The minimum Gasteiger partial charge on any atom is -0.326 e. The molecule has 3 rings (SSSR count). The smallest absolute Gasteiger partial charge is 0.238 e. The van der Waals surface area contributed by atoms with Crippen molar-refractivity contribution < 1.29 is 14.0 Å². The fourth-order valence-corrected chi connectivity index (χ4v) is 3.92. The first-order chi connectivity index (χ1) is 12.0. The van der Waals surface area contributed by atoms with Gasteiger partial charge in [-0.25, -0.2) is 4.39 Å². The molecule has 0 bridgehead atoms. The number of benzene rings is 2. The van der Waals surface area contributed by atoms with E-state index in [1.165, 1.54) is 22.7 Å². The van der Waals surface area contributed by atoms with Crippen molar-refractivity contribution in [1.29, 1.82) is 0 Å². The van der Waals surface area contributed by atoms with Gasteiger partial charge in [0.05, 0.1) is 11.4 Å². The summed E-state index contributed by atoms with van der Waals surface area (Å²) in [5, 5.41) is 2.50. The van der Waals surface area contributed by atoms with Crippen LogP contribution in [0.5, 0.6) is 0 Å². The van der Waals surface area contributed by atoms with E-state index in [4.69, 9.17) is 0 Å². The molecule has 0 spiro atoms. The molecular formula is C19H19FN2O2S. The number of hydrogen-bond acceptors (Lipinski definition) is 3. The topological polar surface area (TPSA) is 49.4 Å². The molecule has 6 heteroatoms. The number of thioether (sulfide) groups is 1. The van der Waals surface area contributed by atoms with Crippen LogP contribution in [-0.4, -0.2) is 17.6 Å². The molecule has 1 saturated heterocycles. The van der Waals surface area contributed by atoms with Crippen molar-refractivity contribution in [2.24, 2.45) is 0 Å². The quantitative estimate of drug-likeness (QED) is 0.888. The van der Waals surface area contributed by atoms with Crippen molar-refractivity contribution in [1.82, 2.24) is 0 Å².